The van der Waals surface area contributed by atoms with E-state index in [0.29, 0.717) is 6.04 Å². The molecule has 0 bridgehead atoms. The average molecular weight is 198 g/mol. The molecule has 1 atom stereocenters. The van der Waals surface area contributed by atoms with Crippen LogP contribution in [0.15, 0.2) is 0 Å². The lowest BCUT2D eigenvalue weighted by molar-refractivity contribution is 0.324. The van der Waals surface area contributed by atoms with Crippen molar-refractivity contribution in [2.75, 3.05) is 6.54 Å². The van der Waals surface area contributed by atoms with E-state index in [-0.39, 0.29) is 0 Å². The first-order chi connectivity index (χ1) is 6.72. The third kappa shape index (κ3) is 4.43. The molecule has 2 nitrogen and oxygen atoms in total. The third-order valence-electron chi connectivity index (χ3n) is 3.31. The van der Waals surface area contributed by atoms with Gasteiger partial charge >= 0.3 is 0 Å². The first-order valence-corrected chi connectivity index (χ1v) is 6.21. The fraction of sp³-hybridized carbons (Fsp3) is 1.00. The van der Waals surface area contributed by atoms with E-state index >= 15 is 0 Å². The van der Waals surface area contributed by atoms with Gasteiger partial charge in [-0.05, 0) is 44.6 Å². The molecule has 0 aromatic heterocycles. The van der Waals surface area contributed by atoms with E-state index in [9.17, 15) is 0 Å². The summed E-state index contributed by atoms with van der Waals surface area (Å²) in [5.74, 6) is 0.829. The number of nitrogens with two attached hydrogens (primary N) is 1. The second-order valence-corrected chi connectivity index (χ2v) is 4.91. The van der Waals surface area contributed by atoms with Gasteiger partial charge in [0.05, 0.1) is 0 Å². The lowest BCUT2D eigenvalue weighted by Gasteiger charge is -2.28. The highest BCUT2D eigenvalue weighted by molar-refractivity contribution is 4.79. The van der Waals surface area contributed by atoms with Crippen LogP contribution < -0.4 is 11.1 Å². The Kier molecular flexibility index (Phi) is 5.49. The molecular formula is C12H26N2. The fourth-order valence-corrected chi connectivity index (χ4v) is 2.29. The summed E-state index contributed by atoms with van der Waals surface area (Å²) in [6.45, 7) is 5.79. The summed E-state index contributed by atoms with van der Waals surface area (Å²) in [6, 6.07) is 1.22. The number of hydrogen-bond acceptors (Lipinski definition) is 2. The summed E-state index contributed by atoms with van der Waals surface area (Å²) >= 11 is 0. The summed E-state index contributed by atoms with van der Waals surface area (Å²) < 4.78 is 0. The predicted molar refractivity (Wildman–Crippen MR) is 62.3 cm³/mol. The predicted octanol–water partition coefficient (Wildman–Crippen LogP) is 2.28. The second-order valence-electron chi connectivity index (χ2n) is 4.91. The standard InChI is InChI=1S/C12H26N2/c1-3-4-10(2)9-14-12-7-5-11(13)6-8-12/h10-12,14H,3-9,13H2,1-2H3. The van der Waals surface area contributed by atoms with Gasteiger partial charge in [0.15, 0.2) is 0 Å². The molecule has 1 aliphatic rings. The van der Waals surface area contributed by atoms with Crippen molar-refractivity contribution in [2.24, 2.45) is 11.7 Å². The van der Waals surface area contributed by atoms with E-state index in [1.807, 2.05) is 0 Å². The maximum atomic E-state index is 5.87. The average Bonchev–Trinajstić information content (AvgIpc) is 2.17. The normalized spacial score (nSPS) is 30.2. The van der Waals surface area contributed by atoms with Crippen molar-refractivity contribution in [3.05, 3.63) is 0 Å². The van der Waals surface area contributed by atoms with E-state index in [1.165, 1.54) is 45.1 Å². The van der Waals surface area contributed by atoms with Crippen molar-refractivity contribution in [3.63, 3.8) is 0 Å². The van der Waals surface area contributed by atoms with Crippen molar-refractivity contribution in [2.45, 2.75) is 64.5 Å². The maximum Gasteiger partial charge on any atom is 0.00683 e. The van der Waals surface area contributed by atoms with Gasteiger partial charge in [0.1, 0.15) is 0 Å². The van der Waals surface area contributed by atoms with E-state index in [4.69, 9.17) is 5.73 Å². The Hall–Kier alpha value is -0.0800. The van der Waals surface area contributed by atoms with Crippen LogP contribution in [0.4, 0.5) is 0 Å². The van der Waals surface area contributed by atoms with Crippen LogP contribution in [-0.4, -0.2) is 18.6 Å². The van der Waals surface area contributed by atoms with Crippen molar-refractivity contribution in [3.8, 4) is 0 Å². The molecule has 0 aliphatic heterocycles. The lowest BCUT2D eigenvalue weighted by atomic mass is 9.91. The molecule has 3 N–H and O–H groups in total. The van der Waals surface area contributed by atoms with E-state index < -0.39 is 0 Å². The van der Waals surface area contributed by atoms with Crippen LogP contribution in [0.25, 0.3) is 0 Å². The van der Waals surface area contributed by atoms with Crippen molar-refractivity contribution in [1.82, 2.24) is 5.32 Å². The van der Waals surface area contributed by atoms with Gasteiger partial charge in [0.2, 0.25) is 0 Å². The molecule has 2 heteroatoms. The minimum absolute atomic E-state index is 0.473. The SMILES string of the molecule is CCCC(C)CNC1CCC(N)CC1. The van der Waals surface area contributed by atoms with Crippen molar-refractivity contribution in [1.29, 1.82) is 0 Å². The number of nitrogens with one attached hydrogen (secondary N) is 1. The van der Waals surface area contributed by atoms with Gasteiger partial charge in [-0.2, -0.15) is 0 Å². The van der Waals surface area contributed by atoms with Crippen molar-refractivity contribution >= 4 is 0 Å². The first-order valence-electron chi connectivity index (χ1n) is 6.21. The Labute approximate surface area is 88.6 Å². The fourth-order valence-electron chi connectivity index (χ4n) is 2.29. The molecule has 0 spiro atoms. The highest BCUT2D eigenvalue weighted by Crippen LogP contribution is 2.17. The lowest BCUT2D eigenvalue weighted by Crippen LogP contribution is -2.39. The number of hydrogen-bond donors (Lipinski definition) is 2. The summed E-state index contributed by atoms with van der Waals surface area (Å²) in [5, 5.41) is 3.67. The Morgan fingerprint density at radius 3 is 2.50 bits per heavy atom. The number of rotatable bonds is 5. The Balaban J connectivity index is 2.06. The summed E-state index contributed by atoms with van der Waals surface area (Å²) in [5.41, 5.74) is 5.87. The van der Waals surface area contributed by atoms with Gasteiger partial charge in [0, 0.05) is 12.1 Å². The van der Waals surface area contributed by atoms with Gasteiger partial charge in [-0.1, -0.05) is 20.3 Å². The highest BCUT2D eigenvalue weighted by atomic mass is 14.9. The van der Waals surface area contributed by atoms with Gasteiger partial charge in [-0.3, -0.25) is 0 Å². The molecular weight excluding hydrogens is 172 g/mol. The molecule has 0 amide bonds. The Morgan fingerprint density at radius 1 is 1.29 bits per heavy atom. The van der Waals surface area contributed by atoms with Crippen LogP contribution >= 0.6 is 0 Å². The van der Waals surface area contributed by atoms with Crippen LogP contribution in [0, 0.1) is 5.92 Å². The molecule has 0 radical (unpaired) electrons. The van der Waals surface area contributed by atoms with Crippen LogP contribution in [-0.2, 0) is 0 Å². The van der Waals surface area contributed by atoms with Crippen LogP contribution in [0.5, 0.6) is 0 Å². The molecule has 1 aliphatic carbocycles. The van der Waals surface area contributed by atoms with Gasteiger partial charge < -0.3 is 11.1 Å². The molecule has 1 unspecified atom stereocenters. The molecule has 0 aromatic carbocycles. The van der Waals surface area contributed by atoms with E-state index in [1.54, 1.807) is 0 Å². The summed E-state index contributed by atoms with van der Waals surface area (Å²) in [6.07, 6.45) is 7.62. The zero-order valence-electron chi connectivity index (χ0n) is 9.76. The minimum atomic E-state index is 0.473. The molecule has 0 saturated heterocycles. The van der Waals surface area contributed by atoms with E-state index in [2.05, 4.69) is 19.2 Å². The topological polar surface area (TPSA) is 38.0 Å². The minimum Gasteiger partial charge on any atom is -0.328 e. The van der Waals surface area contributed by atoms with Crippen LogP contribution in [0.3, 0.4) is 0 Å². The highest BCUT2D eigenvalue weighted by Gasteiger charge is 2.18. The molecule has 84 valence electrons. The van der Waals surface area contributed by atoms with Gasteiger partial charge in [-0.15, -0.1) is 0 Å². The largest absolute Gasteiger partial charge is 0.328 e. The molecule has 14 heavy (non-hydrogen) atoms. The zero-order chi connectivity index (χ0) is 10.4. The molecule has 0 aromatic rings. The quantitative estimate of drug-likeness (QED) is 0.711. The maximum absolute atomic E-state index is 5.87. The van der Waals surface area contributed by atoms with Gasteiger partial charge in [-0.25, -0.2) is 0 Å². The Bertz CT molecular complexity index is 139. The second kappa shape index (κ2) is 6.41. The van der Waals surface area contributed by atoms with E-state index in [0.717, 1.165) is 12.0 Å². The van der Waals surface area contributed by atoms with Crippen LogP contribution in [0.1, 0.15) is 52.4 Å². The summed E-state index contributed by atoms with van der Waals surface area (Å²) in [4.78, 5) is 0. The molecule has 1 rings (SSSR count). The summed E-state index contributed by atoms with van der Waals surface area (Å²) in [7, 11) is 0. The first kappa shape index (κ1) is 12.0. The van der Waals surface area contributed by atoms with Gasteiger partial charge in [0.25, 0.3) is 0 Å². The molecule has 1 fully saturated rings. The smallest absolute Gasteiger partial charge is 0.00683 e. The molecule has 0 heterocycles. The monoisotopic (exact) mass is 198 g/mol. The molecule has 1 saturated carbocycles. The zero-order valence-corrected chi connectivity index (χ0v) is 9.76. The third-order valence-corrected chi connectivity index (χ3v) is 3.31. The van der Waals surface area contributed by atoms with Crippen LogP contribution in [0.2, 0.25) is 0 Å². The Morgan fingerprint density at radius 2 is 1.93 bits per heavy atom. The van der Waals surface area contributed by atoms with Crippen molar-refractivity contribution < 1.29 is 0 Å².